The van der Waals surface area contributed by atoms with Crippen molar-refractivity contribution < 1.29 is 4.79 Å². The highest BCUT2D eigenvalue weighted by molar-refractivity contribution is 5.85. The molecule has 1 N–H and O–H groups in total. The number of carbonyl (C=O) groups is 1. The zero-order valence-corrected chi connectivity index (χ0v) is 15.6. The Balaban J connectivity index is 0.00000192. The minimum Gasteiger partial charge on any atom is -0.342 e. The van der Waals surface area contributed by atoms with Crippen LogP contribution in [-0.2, 0) is 4.79 Å². The average Bonchev–Trinajstić information content (AvgIpc) is 2.56. The van der Waals surface area contributed by atoms with Gasteiger partial charge in [-0.25, -0.2) is 0 Å². The number of piperidine rings is 2. The number of rotatable bonds is 3. The van der Waals surface area contributed by atoms with Crippen LogP contribution in [0.1, 0.15) is 71.1 Å². The van der Waals surface area contributed by atoms with E-state index in [0.29, 0.717) is 17.2 Å². The maximum absolute atomic E-state index is 12.8. The molecule has 3 fully saturated rings. The number of amides is 1. The lowest BCUT2D eigenvalue weighted by Crippen LogP contribution is -2.47. The van der Waals surface area contributed by atoms with Crippen LogP contribution >= 0.6 is 12.4 Å². The Kier molecular flexibility index (Phi) is 7.21. The summed E-state index contributed by atoms with van der Waals surface area (Å²) in [6.07, 6.45) is 12.8. The van der Waals surface area contributed by atoms with Gasteiger partial charge in [0.15, 0.2) is 0 Å². The van der Waals surface area contributed by atoms with Gasteiger partial charge in [0.2, 0.25) is 5.91 Å². The third-order valence-corrected chi connectivity index (χ3v) is 6.61. The van der Waals surface area contributed by atoms with E-state index in [0.717, 1.165) is 38.5 Å². The van der Waals surface area contributed by atoms with E-state index in [2.05, 4.69) is 17.1 Å². The number of halogens is 1. The van der Waals surface area contributed by atoms with Crippen molar-refractivity contribution >= 4 is 18.3 Å². The minimum atomic E-state index is 0. The van der Waals surface area contributed by atoms with Gasteiger partial charge in [-0.05, 0) is 68.9 Å². The molecule has 3 aliphatic rings. The summed E-state index contributed by atoms with van der Waals surface area (Å²) in [5.74, 6) is 1.74. The molecule has 1 amide bonds. The first-order chi connectivity index (χ1) is 10.7. The van der Waals surface area contributed by atoms with E-state index in [1.54, 1.807) is 0 Å². The van der Waals surface area contributed by atoms with Gasteiger partial charge in [0.25, 0.3) is 0 Å². The summed E-state index contributed by atoms with van der Waals surface area (Å²) in [5.41, 5.74) is 0.490. The molecule has 0 aromatic heterocycles. The van der Waals surface area contributed by atoms with Gasteiger partial charge in [-0.3, -0.25) is 4.79 Å². The predicted molar refractivity (Wildman–Crippen MR) is 98.0 cm³/mol. The number of hydrogen-bond acceptors (Lipinski definition) is 2. The van der Waals surface area contributed by atoms with Gasteiger partial charge in [-0.2, -0.15) is 0 Å². The molecule has 0 aromatic rings. The Morgan fingerprint density at radius 3 is 2.48 bits per heavy atom. The minimum absolute atomic E-state index is 0. The van der Waals surface area contributed by atoms with Crippen molar-refractivity contribution in [2.75, 3.05) is 26.2 Å². The van der Waals surface area contributed by atoms with E-state index in [1.165, 1.54) is 57.8 Å². The van der Waals surface area contributed by atoms with Crippen LogP contribution in [0.3, 0.4) is 0 Å². The second-order valence-corrected chi connectivity index (χ2v) is 8.25. The molecule has 23 heavy (non-hydrogen) atoms. The van der Waals surface area contributed by atoms with Gasteiger partial charge in [0, 0.05) is 19.5 Å². The molecule has 2 saturated heterocycles. The Labute approximate surface area is 148 Å². The van der Waals surface area contributed by atoms with Gasteiger partial charge in [0.05, 0.1) is 0 Å². The molecule has 0 aromatic carbocycles. The Bertz CT molecular complexity index is 370. The van der Waals surface area contributed by atoms with Crippen molar-refractivity contribution in [1.29, 1.82) is 0 Å². The molecular weight excluding hydrogens is 308 g/mol. The molecule has 1 aliphatic carbocycles. The van der Waals surface area contributed by atoms with E-state index in [9.17, 15) is 4.79 Å². The molecule has 2 aliphatic heterocycles. The zero-order valence-electron chi connectivity index (χ0n) is 14.8. The van der Waals surface area contributed by atoms with Gasteiger partial charge in [-0.15, -0.1) is 12.4 Å². The van der Waals surface area contributed by atoms with Crippen LogP contribution in [-0.4, -0.2) is 37.0 Å². The first-order valence-electron chi connectivity index (χ1n) is 9.67. The fourth-order valence-corrected chi connectivity index (χ4v) is 5.12. The van der Waals surface area contributed by atoms with E-state index in [4.69, 9.17) is 0 Å². The quantitative estimate of drug-likeness (QED) is 0.840. The lowest BCUT2D eigenvalue weighted by Gasteiger charge is -2.45. The molecule has 1 unspecified atom stereocenters. The highest BCUT2D eigenvalue weighted by atomic mass is 35.5. The maximum Gasteiger partial charge on any atom is 0.222 e. The SMILES string of the molecule is CC(CC(=O)N1CCCC2(CCCCC2)C1)C1CCNCC1.Cl. The summed E-state index contributed by atoms with van der Waals surface area (Å²) >= 11 is 0. The molecule has 1 saturated carbocycles. The highest BCUT2D eigenvalue weighted by Gasteiger charge is 2.38. The van der Waals surface area contributed by atoms with Gasteiger partial charge < -0.3 is 10.2 Å². The summed E-state index contributed by atoms with van der Waals surface area (Å²) in [6, 6.07) is 0. The van der Waals surface area contributed by atoms with Gasteiger partial charge in [-0.1, -0.05) is 26.2 Å². The van der Waals surface area contributed by atoms with Crippen molar-refractivity contribution in [3.05, 3.63) is 0 Å². The first kappa shape index (κ1) is 19.1. The molecule has 3 nitrogen and oxygen atoms in total. The zero-order chi connectivity index (χ0) is 15.4. The number of nitrogens with zero attached hydrogens (tertiary/aromatic N) is 1. The molecule has 2 heterocycles. The molecular formula is C19H35ClN2O. The Morgan fingerprint density at radius 2 is 1.78 bits per heavy atom. The summed E-state index contributed by atoms with van der Waals surface area (Å²) in [7, 11) is 0. The van der Waals surface area contributed by atoms with Gasteiger partial charge in [0.1, 0.15) is 0 Å². The average molecular weight is 343 g/mol. The fraction of sp³-hybridized carbons (Fsp3) is 0.947. The summed E-state index contributed by atoms with van der Waals surface area (Å²) in [6.45, 7) is 6.64. The third kappa shape index (κ3) is 4.85. The first-order valence-corrected chi connectivity index (χ1v) is 9.67. The standard InChI is InChI=1S/C19H34N2O.ClH/c1-16(17-6-11-20-12-7-17)14-18(22)21-13-5-10-19(15-21)8-3-2-4-9-19;/h16-17,20H,2-15H2,1H3;1H. The Morgan fingerprint density at radius 1 is 1.13 bits per heavy atom. The molecule has 0 bridgehead atoms. The number of carbonyl (C=O) groups excluding carboxylic acids is 1. The third-order valence-electron chi connectivity index (χ3n) is 6.61. The molecule has 1 atom stereocenters. The predicted octanol–water partition coefficient (Wildman–Crippen LogP) is 4.01. The van der Waals surface area contributed by atoms with Gasteiger partial charge >= 0.3 is 0 Å². The number of hydrogen-bond donors (Lipinski definition) is 1. The van der Waals surface area contributed by atoms with Crippen molar-refractivity contribution in [2.24, 2.45) is 17.3 Å². The van der Waals surface area contributed by atoms with Crippen molar-refractivity contribution in [3.63, 3.8) is 0 Å². The Hall–Kier alpha value is -0.280. The number of nitrogens with one attached hydrogen (secondary N) is 1. The van der Waals surface area contributed by atoms with Crippen LogP contribution in [0.25, 0.3) is 0 Å². The molecule has 4 heteroatoms. The molecule has 3 rings (SSSR count). The molecule has 0 radical (unpaired) electrons. The van der Waals surface area contributed by atoms with E-state index in [1.807, 2.05) is 0 Å². The van der Waals surface area contributed by atoms with Crippen LogP contribution in [0.2, 0.25) is 0 Å². The van der Waals surface area contributed by atoms with E-state index >= 15 is 0 Å². The van der Waals surface area contributed by atoms with Crippen LogP contribution in [0, 0.1) is 17.3 Å². The second kappa shape index (κ2) is 8.71. The monoisotopic (exact) mass is 342 g/mol. The second-order valence-electron chi connectivity index (χ2n) is 8.25. The van der Waals surface area contributed by atoms with Crippen LogP contribution in [0.5, 0.6) is 0 Å². The normalized spacial score (nSPS) is 26.6. The molecule has 134 valence electrons. The summed E-state index contributed by atoms with van der Waals surface area (Å²) in [4.78, 5) is 15.0. The largest absolute Gasteiger partial charge is 0.342 e. The van der Waals surface area contributed by atoms with Crippen LogP contribution < -0.4 is 5.32 Å². The van der Waals surface area contributed by atoms with E-state index < -0.39 is 0 Å². The summed E-state index contributed by atoms with van der Waals surface area (Å²) in [5, 5.41) is 3.43. The van der Waals surface area contributed by atoms with Crippen LogP contribution in [0.15, 0.2) is 0 Å². The smallest absolute Gasteiger partial charge is 0.222 e. The lowest BCUT2D eigenvalue weighted by molar-refractivity contribution is -0.136. The number of likely N-dealkylation sites (tertiary alicyclic amines) is 1. The highest BCUT2D eigenvalue weighted by Crippen LogP contribution is 2.43. The topological polar surface area (TPSA) is 32.3 Å². The van der Waals surface area contributed by atoms with Crippen molar-refractivity contribution in [2.45, 2.75) is 71.1 Å². The summed E-state index contributed by atoms with van der Waals surface area (Å²) < 4.78 is 0. The van der Waals surface area contributed by atoms with E-state index in [-0.39, 0.29) is 12.4 Å². The van der Waals surface area contributed by atoms with Crippen LogP contribution in [0.4, 0.5) is 0 Å². The lowest BCUT2D eigenvalue weighted by atomic mass is 9.69. The van der Waals surface area contributed by atoms with Crippen molar-refractivity contribution in [1.82, 2.24) is 10.2 Å². The molecule has 1 spiro atoms. The fourth-order valence-electron chi connectivity index (χ4n) is 5.12. The maximum atomic E-state index is 12.8. The van der Waals surface area contributed by atoms with Crippen molar-refractivity contribution in [3.8, 4) is 0 Å².